The van der Waals surface area contributed by atoms with Gasteiger partial charge >= 0.3 is 5.79 Å². The van der Waals surface area contributed by atoms with Crippen LogP contribution in [0.5, 0.6) is 74.7 Å². The summed E-state index contributed by atoms with van der Waals surface area (Å²) in [5.41, 5.74) is 0.451. The Morgan fingerprint density at radius 2 is 1.03 bits per heavy atom. The van der Waals surface area contributed by atoms with E-state index >= 15 is 0 Å². The highest BCUT2D eigenvalue weighted by Crippen LogP contribution is 2.65. The summed E-state index contributed by atoms with van der Waals surface area (Å²) in [6.07, 6.45) is -7.41. The van der Waals surface area contributed by atoms with E-state index in [1.54, 1.807) is 0 Å². The Hall–Kier alpha value is -7.40. The lowest BCUT2D eigenvalue weighted by Gasteiger charge is -2.51. The van der Waals surface area contributed by atoms with E-state index in [2.05, 4.69) is 0 Å². The van der Waals surface area contributed by atoms with Crippen LogP contribution in [0.4, 0.5) is 0 Å². The van der Waals surface area contributed by atoms with Crippen LogP contribution in [0, 0.1) is 0 Å². The van der Waals surface area contributed by atoms with Crippen molar-refractivity contribution in [3.63, 3.8) is 0 Å². The Morgan fingerprint density at radius 1 is 0.459 bits per heavy atom. The van der Waals surface area contributed by atoms with Crippen molar-refractivity contribution in [3.05, 3.63) is 136 Å². The largest absolute Gasteiger partial charge is 0.508 e. The highest BCUT2D eigenvalue weighted by atomic mass is 16.7. The molecule has 0 unspecified atom stereocenters. The zero-order chi connectivity index (χ0) is 42.8. The predicted molar refractivity (Wildman–Crippen MR) is 209 cm³/mol. The molecule has 312 valence electrons. The molecule has 4 aliphatic rings. The molecule has 6 aromatic rings. The maximum absolute atomic E-state index is 12.5. The molecule has 61 heavy (non-hydrogen) atoms. The van der Waals surface area contributed by atoms with E-state index < -0.39 is 88.4 Å². The number of aliphatic hydroxyl groups excluding tert-OH is 3. The number of phenolic OH excluding ortho intramolecular Hbond substituents is 9. The molecule has 4 heterocycles. The molecular weight excluding hydrogens is 796 g/mol. The molecular formula is C45H36O16. The summed E-state index contributed by atoms with van der Waals surface area (Å²) in [5.74, 6) is -9.55. The van der Waals surface area contributed by atoms with Crippen molar-refractivity contribution in [2.75, 3.05) is 0 Å². The number of rotatable bonds is 4. The third kappa shape index (κ3) is 5.56. The summed E-state index contributed by atoms with van der Waals surface area (Å²) in [4.78, 5) is 0. The van der Waals surface area contributed by atoms with Crippen molar-refractivity contribution in [1.29, 1.82) is 0 Å². The van der Waals surface area contributed by atoms with Gasteiger partial charge in [-0.1, -0.05) is 24.3 Å². The summed E-state index contributed by atoms with van der Waals surface area (Å²) in [6.45, 7) is 0. The van der Waals surface area contributed by atoms with Crippen LogP contribution in [0.15, 0.2) is 91.0 Å². The second-order valence-corrected chi connectivity index (χ2v) is 15.6. The number of hydrogen-bond acceptors (Lipinski definition) is 16. The zero-order valence-electron chi connectivity index (χ0n) is 31.4. The average molecular weight is 833 g/mol. The van der Waals surface area contributed by atoms with Crippen molar-refractivity contribution < 1.29 is 80.2 Å². The van der Waals surface area contributed by atoms with Gasteiger partial charge in [0.05, 0.1) is 17.9 Å². The fourth-order valence-electron chi connectivity index (χ4n) is 9.22. The molecule has 6 aromatic carbocycles. The first-order valence-corrected chi connectivity index (χ1v) is 19.0. The minimum Gasteiger partial charge on any atom is -0.508 e. The van der Waals surface area contributed by atoms with Crippen molar-refractivity contribution in [1.82, 2.24) is 0 Å². The van der Waals surface area contributed by atoms with Gasteiger partial charge in [0, 0.05) is 64.1 Å². The molecule has 4 aliphatic heterocycles. The van der Waals surface area contributed by atoms with Crippen molar-refractivity contribution >= 4 is 0 Å². The molecule has 0 radical (unpaired) electrons. The topological polar surface area (TPSA) is 280 Å². The Kier molecular flexibility index (Phi) is 8.25. The second kappa shape index (κ2) is 13.3. The quantitative estimate of drug-likeness (QED) is 0.106. The van der Waals surface area contributed by atoms with E-state index in [0.717, 1.165) is 30.3 Å². The second-order valence-electron chi connectivity index (χ2n) is 15.6. The average Bonchev–Trinajstić information content (AvgIpc) is 3.20. The summed E-state index contributed by atoms with van der Waals surface area (Å²) < 4.78 is 25.8. The molecule has 0 amide bonds. The van der Waals surface area contributed by atoms with Gasteiger partial charge in [-0.15, -0.1) is 0 Å². The Morgan fingerprint density at radius 3 is 1.69 bits per heavy atom. The fourth-order valence-corrected chi connectivity index (χ4v) is 9.22. The minimum absolute atomic E-state index is 0.00981. The molecule has 0 aromatic heterocycles. The van der Waals surface area contributed by atoms with E-state index in [1.165, 1.54) is 60.7 Å². The highest BCUT2D eigenvalue weighted by molar-refractivity contribution is 5.72. The summed E-state index contributed by atoms with van der Waals surface area (Å²) >= 11 is 0. The van der Waals surface area contributed by atoms with Crippen LogP contribution in [0.25, 0.3) is 0 Å². The molecule has 0 saturated heterocycles. The highest BCUT2D eigenvalue weighted by Gasteiger charge is 2.61. The Balaban J connectivity index is 1.24. The van der Waals surface area contributed by atoms with Crippen LogP contribution >= 0.6 is 0 Å². The number of fused-ring (bicyclic) bond motifs is 9. The van der Waals surface area contributed by atoms with Gasteiger partial charge in [0.15, 0.2) is 17.6 Å². The number of hydrogen-bond donors (Lipinski definition) is 12. The number of aliphatic hydroxyl groups is 3. The van der Waals surface area contributed by atoms with Crippen molar-refractivity contribution in [2.24, 2.45) is 0 Å². The van der Waals surface area contributed by atoms with Gasteiger partial charge in [0.1, 0.15) is 81.6 Å². The number of benzene rings is 6. The SMILES string of the molecule is Oc1ccc([C@H]2Oc3c(c(O)cc4c3[C@@H]3c5c(O)cc(O)cc5O[C@](c5ccc(O)c(O)c5)(O4)[C@@H]3O)[C@H](c3c(O)cc(O)c4c3O[C@H](c3ccc(O)cc3)[C@H](O)C4)[C@H]2O)cc1. The Labute approximate surface area is 344 Å². The van der Waals surface area contributed by atoms with Crippen LogP contribution in [-0.4, -0.2) is 79.6 Å². The third-order valence-electron chi connectivity index (χ3n) is 12.0. The summed E-state index contributed by atoms with van der Waals surface area (Å²) in [5, 5.41) is 134. The van der Waals surface area contributed by atoms with E-state index in [-0.39, 0.29) is 74.3 Å². The molecule has 16 nitrogen and oxygen atoms in total. The molecule has 16 heteroatoms. The molecule has 0 aliphatic carbocycles. The van der Waals surface area contributed by atoms with Crippen molar-refractivity contribution in [2.45, 2.75) is 54.6 Å². The van der Waals surface area contributed by atoms with Gasteiger partial charge < -0.3 is 80.2 Å². The summed E-state index contributed by atoms with van der Waals surface area (Å²) in [6, 6.07) is 19.4. The first kappa shape index (κ1) is 37.8. The van der Waals surface area contributed by atoms with Crippen LogP contribution < -0.4 is 18.9 Å². The number of phenols is 9. The van der Waals surface area contributed by atoms with E-state index in [1.807, 2.05) is 0 Å². The minimum atomic E-state index is -2.26. The molecule has 0 saturated carbocycles. The summed E-state index contributed by atoms with van der Waals surface area (Å²) in [7, 11) is 0. The third-order valence-corrected chi connectivity index (χ3v) is 12.0. The van der Waals surface area contributed by atoms with E-state index in [0.29, 0.717) is 11.1 Å². The zero-order valence-corrected chi connectivity index (χ0v) is 31.4. The number of ether oxygens (including phenoxy) is 4. The maximum Gasteiger partial charge on any atom is 0.305 e. The van der Waals surface area contributed by atoms with Gasteiger partial charge in [-0.3, -0.25) is 0 Å². The number of aromatic hydroxyl groups is 9. The van der Waals surface area contributed by atoms with Gasteiger partial charge in [0.25, 0.3) is 0 Å². The van der Waals surface area contributed by atoms with Crippen molar-refractivity contribution in [3.8, 4) is 74.7 Å². The van der Waals surface area contributed by atoms with Gasteiger partial charge in [-0.25, -0.2) is 0 Å². The maximum atomic E-state index is 12.5. The molecule has 0 fully saturated rings. The van der Waals surface area contributed by atoms with Crippen LogP contribution in [-0.2, 0) is 12.2 Å². The lowest BCUT2D eigenvalue weighted by atomic mass is 9.71. The molecule has 10 rings (SSSR count). The molecule has 2 bridgehead atoms. The normalized spacial score (nSPS) is 25.6. The monoisotopic (exact) mass is 832 g/mol. The molecule has 8 atom stereocenters. The lowest BCUT2D eigenvalue weighted by molar-refractivity contribution is -0.219. The van der Waals surface area contributed by atoms with E-state index in [9.17, 15) is 61.3 Å². The van der Waals surface area contributed by atoms with Crippen LogP contribution in [0.2, 0.25) is 0 Å². The standard InChI is InChI=1S/C45H36O16/c46-20-6-1-17(2-7-20)40-30(55)14-23-25(50)15-28(53)34(42(23)58-40)37-35-29(54)16-32-36(43(35)59-41(39(37)56)18-3-8-21(47)9-4-18)38-33-27(52)12-22(48)13-31(33)60-45(61-32,44(38)57)19-5-10-24(49)26(51)11-19/h1-13,15-16,30,37-41,44,46-57H,14H2/t30-,37+,38+,39-,40-,41-,44-,45-/m1/s1. The smallest absolute Gasteiger partial charge is 0.305 e. The first-order valence-electron chi connectivity index (χ1n) is 19.0. The fraction of sp³-hybridized carbons (Fsp3) is 0.200. The predicted octanol–water partition coefficient (Wildman–Crippen LogP) is 4.83. The van der Waals surface area contributed by atoms with Crippen LogP contribution in [0.3, 0.4) is 0 Å². The molecule has 0 spiro atoms. The first-order chi connectivity index (χ1) is 29.1. The van der Waals surface area contributed by atoms with Gasteiger partial charge in [0.2, 0.25) is 0 Å². The molecule has 12 N–H and O–H groups in total. The Bertz CT molecular complexity index is 2770. The van der Waals surface area contributed by atoms with Gasteiger partial charge in [-0.2, -0.15) is 0 Å². The van der Waals surface area contributed by atoms with E-state index in [4.69, 9.17) is 18.9 Å². The lowest BCUT2D eigenvalue weighted by Crippen LogP contribution is -2.57. The van der Waals surface area contributed by atoms with Gasteiger partial charge in [-0.05, 0) is 53.6 Å². The van der Waals surface area contributed by atoms with Crippen LogP contribution in [0.1, 0.15) is 68.6 Å².